The first-order valence-corrected chi connectivity index (χ1v) is 14.0. The van der Waals surface area contributed by atoms with Crippen molar-refractivity contribution in [1.29, 1.82) is 0 Å². The van der Waals surface area contributed by atoms with E-state index in [0.717, 1.165) is 9.87 Å². The molecule has 1 N–H and O–H groups in total. The van der Waals surface area contributed by atoms with E-state index in [9.17, 15) is 22.4 Å². The summed E-state index contributed by atoms with van der Waals surface area (Å²) in [4.78, 5) is 28.0. The number of hydrogen-bond acceptors (Lipinski definition) is 5. The van der Waals surface area contributed by atoms with Crippen molar-refractivity contribution in [3.63, 3.8) is 0 Å². The molecule has 3 aromatic rings. The van der Waals surface area contributed by atoms with Crippen LogP contribution in [0.2, 0.25) is 0 Å². The van der Waals surface area contributed by atoms with Crippen molar-refractivity contribution >= 4 is 27.5 Å². The van der Waals surface area contributed by atoms with Gasteiger partial charge in [0, 0.05) is 18.2 Å². The van der Waals surface area contributed by atoms with Gasteiger partial charge < -0.3 is 15.0 Å². The summed E-state index contributed by atoms with van der Waals surface area (Å²) in [7, 11) is -2.84. The smallest absolute Gasteiger partial charge is 0.264 e. The molecule has 3 rings (SSSR count). The second kappa shape index (κ2) is 12.8. The molecule has 10 heteroatoms. The molecular weight excluding hydrogens is 521 g/mol. The first kappa shape index (κ1) is 29.6. The fraction of sp³-hybridized carbons (Fsp3) is 0.310. The SMILES string of the molecule is COc1ccc(C)cc1N(CC(=O)N(Cc1ccccc1F)C(C)C(=O)NC(C)C)S(=O)(=O)c1ccccc1. The maximum absolute atomic E-state index is 14.6. The van der Waals surface area contributed by atoms with Gasteiger partial charge in [0.25, 0.3) is 10.0 Å². The molecule has 0 bridgehead atoms. The van der Waals surface area contributed by atoms with Crippen molar-refractivity contribution in [3.05, 3.63) is 89.7 Å². The van der Waals surface area contributed by atoms with Crippen molar-refractivity contribution in [2.45, 2.75) is 51.2 Å². The van der Waals surface area contributed by atoms with Gasteiger partial charge in [-0.2, -0.15) is 0 Å². The molecule has 0 fully saturated rings. The predicted molar refractivity (Wildman–Crippen MR) is 148 cm³/mol. The summed E-state index contributed by atoms with van der Waals surface area (Å²) < 4.78 is 48.8. The number of amides is 2. The molecule has 0 saturated carbocycles. The fourth-order valence-corrected chi connectivity index (χ4v) is 5.46. The zero-order valence-corrected chi connectivity index (χ0v) is 23.5. The quantitative estimate of drug-likeness (QED) is 0.381. The molecular formula is C29H34FN3O5S. The number of nitrogens with zero attached hydrogens (tertiary/aromatic N) is 2. The van der Waals surface area contributed by atoms with Crippen LogP contribution >= 0.6 is 0 Å². The number of aryl methyl sites for hydroxylation is 1. The van der Waals surface area contributed by atoms with Gasteiger partial charge in [0.15, 0.2) is 0 Å². The lowest BCUT2D eigenvalue weighted by atomic mass is 10.1. The number of benzene rings is 3. The predicted octanol–water partition coefficient (Wildman–Crippen LogP) is 4.28. The van der Waals surface area contributed by atoms with Crippen LogP contribution in [0.3, 0.4) is 0 Å². The third-order valence-corrected chi connectivity index (χ3v) is 7.88. The Morgan fingerprint density at radius 2 is 1.62 bits per heavy atom. The third kappa shape index (κ3) is 7.14. The van der Waals surface area contributed by atoms with Gasteiger partial charge in [-0.05, 0) is 63.6 Å². The minimum atomic E-state index is -4.25. The minimum absolute atomic E-state index is 0.0207. The van der Waals surface area contributed by atoms with Gasteiger partial charge in [0.05, 0.1) is 17.7 Å². The van der Waals surface area contributed by atoms with Crippen LogP contribution in [0.5, 0.6) is 5.75 Å². The highest BCUT2D eigenvalue weighted by molar-refractivity contribution is 7.92. The van der Waals surface area contributed by atoms with E-state index < -0.39 is 40.2 Å². The van der Waals surface area contributed by atoms with Crippen LogP contribution in [0.25, 0.3) is 0 Å². The molecule has 0 radical (unpaired) electrons. The van der Waals surface area contributed by atoms with Crippen LogP contribution in [0.1, 0.15) is 31.9 Å². The van der Waals surface area contributed by atoms with Crippen molar-refractivity contribution in [3.8, 4) is 5.75 Å². The number of ether oxygens (including phenoxy) is 1. The largest absolute Gasteiger partial charge is 0.495 e. The van der Waals surface area contributed by atoms with Crippen LogP contribution in [-0.2, 0) is 26.2 Å². The average Bonchev–Trinajstić information content (AvgIpc) is 2.90. The standard InChI is InChI=1S/C29H34FN3O5S/c1-20(2)31-29(35)22(4)32(18-23-11-9-10-14-25(23)30)28(34)19-33(26-17-21(3)15-16-27(26)38-5)39(36,37)24-12-7-6-8-13-24/h6-17,20,22H,18-19H2,1-5H3,(H,31,35). The van der Waals surface area contributed by atoms with Gasteiger partial charge in [-0.1, -0.05) is 42.5 Å². The summed E-state index contributed by atoms with van der Waals surface area (Å²) in [5, 5.41) is 2.77. The Kier molecular flexibility index (Phi) is 9.69. The summed E-state index contributed by atoms with van der Waals surface area (Å²) in [6.45, 7) is 6.01. The Labute approximate surface area is 229 Å². The molecule has 208 valence electrons. The molecule has 0 spiro atoms. The number of methoxy groups -OCH3 is 1. The summed E-state index contributed by atoms with van der Waals surface area (Å²) in [6, 6.07) is 17.5. The van der Waals surface area contributed by atoms with Crippen molar-refractivity contribution < 1.29 is 27.1 Å². The lowest BCUT2D eigenvalue weighted by molar-refractivity contribution is -0.139. The van der Waals surface area contributed by atoms with Gasteiger partial charge in [-0.15, -0.1) is 0 Å². The van der Waals surface area contributed by atoms with E-state index in [1.54, 1.807) is 63.2 Å². The summed E-state index contributed by atoms with van der Waals surface area (Å²) >= 11 is 0. The molecule has 2 amide bonds. The van der Waals surface area contributed by atoms with Crippen LogP contribution < -0.4 is 14.4 Å². The molecule has 0 heterocycles. The first-order valence-electron chi connectivity index (χ1n) is 12.5. The lowest BCUT2D eigenvalue weighted by Gasteiger charge is -2.32. The van der Waals surface area contributed by atoms with E-state index in [2.05, 4.69) is 5.32 Å². The van der Waals surface area contributed by atoms with Crippen molar-refractivity contribution in [2.24, 2.45) is 0 Å². The Bertz CT molecular complexity index is 1410. The molecule has 3 aromatic carbocycles. The molecule has 8 nitrogen and oxygen atoms in total. The second-order valence-corrected chi connectivity index (χ2v) is 11.3. The van der Waals surface area contributed by atoms with Gasteiger partial charge >= 0.3 is 0 Å². The van der Waals surface area contributed by atoms with Gasteiger partial charge in [-0.3, -0.25) is 13.9 Å². The molecule has 0 aromatic heterocycles. The molecule has 1 unspecified atom stereocenters. The van der Waals surface area contributed by atoms with E-state index >= 15 is 0 Å². The molecule has 0 aliphatic carbocycles. The first-order chi connectivity index (χ1) is 18.4. The van der Waals surface area contributed by atoms with Crippen LogP contribution in [0.4, 0.5) is 10.1 Å². The zero-order valence-electron chi connectivity index (χ0n) is 22.7. The highest BCUT2D eigenvalue weighted by Crippen LogP contribution is 2.33. The number of anilines is 1. The Morgan fingerprint density at radius 3 is 2.23 bits per heavy atom. The molecule has 1 atom stereocenters. The van der Waals surface area contributed by atoms with E-state index in [1.807, 2.05) is 0 Å². The van der Waals surface area contributed by atoms with E-state index in [1.165, 1.54) is 49.3 Å². The minimum Gasteiger partial charge on any atom is -0.495 e. The Balaban J connectivity index is 2.10. The highest BCUT2D eigenvalue weighted by Gasteiger charge is 2.34. The van der Waals surface area contributed by atoms with Crippen molar-refractivity contribution in [2.75, 3.05) is 18.0 Å². The van der Waals surface area contributed by atoms with Gasteiger partial charge in [0.2, 0.25) is 11.8 Å². The topological polar surface area (TPSA) is 96.0 Å². The van der Waals surface area contributed by atoms with E-state index in [-0.39, 0.29) is 34.5 Å². The van der Waals surface area contributed by atoms with Crippen molar-refractivity contribution in [1.82, 2.24) is 10.2 Å². The maximum atomic E-state index is 14.6. The fourth-order valence-electron chi connectivity index (χ4n) is 4.03. The van der Waals surface area contributed by atoms with E-state index in [0.29, 0.717) is 0 Å². The Morgan fingerprint density at radius 1 is 0.974 bits per heavy atom. The number of sulfonamides is 1. The maximum Gasteiger partial charge on any atom is 0.264 e. The second-order valence-electron chi connectivity index (χ2n) is 9.45. The normalized spacial score (nSPS) is 12.1. The third-order valence-electron chi connectivity index (χ3n) is 6.11. The lowest BCUT2D eigenvalue weighted by Crippen LogP contribution is -2.52. The number of carbonyl (C=O) groups is 2. The average molecular weight is 556 g/mol. The van der Waals surface area contributed by atoms with Crippen LogP contribution in [0, 0.1) is 12.7 Å². The zero-order chi connectivity index (χ0) is 28.7. The number of carbonyl (C=O) groups excluding carboxylic acids is 2. The van der Waals surface area contributed by atoms with Gasteiger partial charge in [0.1, 0.15) is 24.2 Å². The number of halogens is 1. The Hall–Kier alpha value is -3.92. The highest BCUT2D eigenvalue weighted by atomic mass is 32.2. The van der Waals surface area contributed by atoms with Crippen LogP contribution in [-0.4, -0.2) is 50.9 Å². The van der Waals surface area contributed by atoms with Crippen LogP contribution in [0.15, 0.2) is 77.7 Å². The summed E-state index contributed by atoms with van der Waals surface area (Å²) in [5.41, 5.74) is 1.11. The van der Waals surface area contributed by atoms with Gasteiger partial charge in [-0.25, -0.2) is 12.8 Å². The molecule has 39 heavy (non-hydrogen) atoms. The molecule has 0 saturated heterocycles. The number of nitrogens with one attached hydrogen (secondary N) is 1. The van der Waals surface area contributed by atoms with E-state index in [4.69, 9.17) is 4.74 Å². The summed E-state index contributed by atoms with van der Waals surface area (Å²) in [6.07, 6.45) is 0. The molecule has 0 aliphatic heterocycles. The monoisotopic (exact) mass is 555 g/mol. The number of rotatable bonds is 11. The summed E-state index contributed by atoms with van der Waals surface area (Å²) in [5.74, 6) is -1.42. The number of hydrogen-bond donors (Lipinski definition) is 1. The molecule has 0 aliphatic rings.